The first-order valence-electron chi connectivity index (χ1n) is 7.48. The van der Waals surface area contributed by atoms with E-state index in [1.165, 1.54) is 19.3 Å². The third kappa shape index (κ3) is 6.99. The molecule has 0 fully saturated rings. The Balaban J connectivity index is 2.26. The van der Waals surface area contributed by atoms with Crippen molar-refractivity contribution in [2.75, 3.05) is 31.4 Å². The lowest BCUT2D eigenvalue weighted by atomic mass is 10.2. The molecule has 21 heavy (non-hydrogen) atoms. The Morgan fingerprint density at radius 2 is 2.05 bits per heavy atom. The van der Waals surface area contributed by atoms with Crippen molar-refractivity contribution in [3.05, 3.63) is 18.2 Å². The largest absolute Gasteiger partial charge is 0.495 e. The predicted octanol–water partition coefficient (Wildman–Crippen LogP) is 3.20. The number of anilines is 2. The summed E-state index contributed by atoms with van der Waals surface area (Å²) in [7, 11) is 1.56. The average molecular weight is 294 g/mol. The van der Waals surface area contributed by atoms with Crippen molar-refractivity contribution in [1.29, 1.82) is 0 Å². The Hall–Kier alpha value is -1.75. The molecule has 0 aliphatic heterocycles. The number of carbonyl (C=O) groups is 1. The molecular formula is C16H26N2O3. The van der Waals surface area contributed by atoms with E-state index >= 15 is 0 Å². The van der Waals surface area contributed by atoms with Crippen LogP contribution in [0.25, 0.3) is 0 Å². The maximum atomic E-state index is 11.8. The van der Waals surface area contributed by atoms with Gasteiger partial charge in [-0.3, -0.25) is 4.79 Å². The van der Waals surface area contributed by atoms with Crippen molar-refractivity contribution in [2.45, 2.75) is 39.0 Å². The number of nitrogen functional groups attached to an aromatic ring is 1. The quantitative estimate of drug-likeness (QED) is 0.513. The van der Waals surface area contributed by atoms with Crippen LogP contribution < -0.4 is 15.8 Å². The number of hydrogen-bond donors (Lipinski definition) is 2. The van der Waals surface area contributed by atoms with Gasteiger partial charge in [0.1, 0.15) is 5.75 Å². The second-order valence-electron chi connectivity index (χ2n) is 4.93. The van der Waals surface area contributed by atoms with Gasteiger partial charge in [0, 0.05) is 12.3 Å². The van der Waals surface area contributed by atoms with Crippen LogP contribution in [0.2, 0.25) is 0 Å². The molecule has 0 aliphatic carbocycles. The van der Waals surface area contributed by atoms with E-state index in [0.29, 0.717) is 30.2 Å². The summed E-state index contributed by atoms with van der Waals surface area (Å²) in [6.45, 7) is 3.33. The van der Waals surface area contributed by atoms with Crippen molar-refractivity contribution in [1.82, 2.24) is 0 Å². The third-order valence-corrected chi connectivity index (χ3v) is 3.11. The molecule has 1 amide bonds. The fourth-order valence-corrected chi connectivity index (χ4v) is 1.93. The van der Waals surface area contributed by atoms with Gasteiger partial charge in [-0.1, -0.05) is 26.2 Å². The van der Waals surface area contributed by atoms with Crippen LogP contribution in [0.4, 0.5) is 11.4 Å². The van der Waals surface area contributed by atoms with Gasteiger partial charge in [0.2, 0.25) is 5.91 Å². The Bertz CT molecular complexity index is 436. The minimum absolute atomic E-state index is 0.104. The topological polar surface area (TPSA) is 73.6 Å². The van der Waals surface area contributed by atoms with E-state index in [9.17, 15) is 4.79 Å². The van der Waals surface area contributed by atoms with Gasteiger partial charge >= 0.3 is 0 Å². The van der Waals surface area contributed by atoms with Gasteiger partial charge in [0.25, 0.3) is 0 Å². The number of methoxy groups -OCH3 is 1. The van der Waals surface area contributed by atoms with Crippen molar-refractivity contribution < 1.29 is 14.3 Å². The van der Waals surface area contributed by atoms with Crippen LogP contribution in [0.15, 0.2) is 18.2 Å². The van der Waals surface area contributed by atoms with Crippen LogP contribution in [-0.2, 0) is 9.53 Å². The Kier molecular flexibility index (Phi) is 8.28. The first-order valence-corrected chi connectivity index (χ1v) is 7.48. The molecule has 0 heterocycles. The minimum Gasteiger partial charge on any atom is -0.495 e. The lowest BCUT2D eigenvalue weighted by molar-refractivity contribution is -0.117. The smallest absolute Gasteiger partial charge is 0.226 e. The first kappa shape index (κ1) is 17.3. The molecule has 5 heteroatoms. The highest BCUT2D eigenvalue weighted by Crippen LogP contribution is 2.26. The minimum atomic E-state index is -0.104. The number of nitrogens with two attached hydrogens (primary N) is 1. The van der Waals surface area contributed by atoms with E-state index in [4.69, 9.17) is 15.2 Å². The van der Waals surface area contributed by atoms with E-state index < -0.39 is 0 Å². The van der Waals surface area contributed by atoms with Crippen molar-refractivity contribution in [3.8, 4) is 5.75 Å². The lowest BCUT2D eigenvalue weighted by Crippen LogP contribution is -2.15. The number of benzene rings is 1. The van der Waals surface area contributed by atoms with Gasteiger partial charge in [-0.05, 0) is 24.6 Å². The highest BCUT2D eigenvalue weighted by Gasteiger charge is 2.08. The SMILES string of the molecule is CCCCCCOCCC(=O)Nc1cc(N)ccc1OC. The van der Waals surface area contributed by atoms with E-state index in [1.54, 1.807) is 25.3 Å². The molecule has 1 aromatic carbocycles. The maximum absolute atomic E-state index is 11.8. The second-order valence-corrected chi connectivity index (χ2v) is 4.93. The van der Waals surface area contributed by atoms with Crippen molar-refractivity contribution >= 4 is 17.3 Å². The molecule has 0 bridgehead atoms. The van der Waals surface area contributed by atoms with Crippen LogP contribution in [0.1, 0.15) is 39.0 Å². The summed E-state index contributed by atoms with van der Waals surface area (Å²) in [6.07, 6.45) is 5.01. The average Bonchev–Trinajstić information content (AvgIpc) is 2.46. The highest BCUT2D eigenvalue weighted by atomic mass is 16.5. The standard InChI is InChI=1S/C16H26N2O3/c1-3-4-5-6-10-21-11-9-16(19)18-14-12-13(17)7-8-15(14)20-2/h7-8,12H,3-6,9-11,17H2,1-2H3,(H,18,19). The van der Waals surface area contributed by atoms with Gasteiger partial charge in [0.15, 0.2) is 0 Å². The molecule has 0 aromatic heterocycles. The van der Waals surface area contributed by atoms with Gasteiger partial charge in [-0.2, -0.15) is 0 Å². The molecule has 0 unspecified atom stereocenters. The summed E-state index contributed by atoms with van der Waals surface area (Å²) in [4.78, 5) is 11.8. The molecule has 0 saturated carbocycles. The molecule has 0 aliphatic rings. The van der Waals surface area contributed by atoms with Crippen molar-refractivity contribution in [3.63, 3.8) is 0 Å². The molecule has 0 atom stereocenters. The zero-order valence-corrected chi connectivity index (χ0v) is 13.0. The number of amides is 1. The summed E-state index contributed by atoms with van der Waals surface area (Å²) < 4.78 is 10.6. The predicted molar refractivity (Wildman–Crippen MR) is 85.6 cm³/mol. The number of nitrogens with one attached hydrogen (secondary N) is 1. The summed E-state index contributed by atoms with van der Waals surface area (Å²) in [5.74, 6) is 0.491. The fourth-order valence-electron chi connectivity index (χ4n) is 1.93. The fraction of sp³-hybridized carbons (Fsp3) is 0.562. The van der Waals surface area contributed by atoms with Crippen molar-refractivity contribution in [2.24, 2.45) is 0 Å². The Morgan fingerprint density at radius 3 is 2.76 bits per heavy atom. The molecule has 0 spiro atoms. The number of carbonyl (C=O) groups excluding carboxylic acids is 1. The van der Waals surface area contributed by atoms with Crippen LogP contribution in [0.5, 0.6) is 5.75 Å². The molecule has 0 radical (unpaired) electrons. The van der Waals surface area contributed by atoms with Gasteiger partial charge < -0.3 is 20.5 Å². The number of ether oxygens (including phenoxy) is 2. The zero-order chi connectivity index (χ0) is 15.5. The van der Waals surface area contributed by atoms with E-state index in [-0.39, 0.29) is 5.91 Å². The number of hydrogen-bond acceptors (Lipinski definition) is 4. The summed E-state index contributed by atoms with van der Waals surface area (Å²) in [5, 5.41) is 2.79. The molecule has 1 rings (SSSR count). The Morgan fingerprint density at radius 1 is 1.24 bits per heavy atom. The number of rotatable bonds is 10. The van der Waals surface area contributed by atoms with Crippen LogP contribution in [0.3, 0.4) is 0 Å². The second kappa shape index (κ2) is 10.0. The third-order valence-electron chi connectivity index (χ3n) is 3.11. The molecular weight excluding hydrogens is 268 g/mol. The summed E-state index contributed by atoms with van der Waals surface area (Å²) >= 11 is 0. The summed E-state index contributed by atoms with van der Waals surface area (Å²) in [6, 6.07) is 5.14. The van der Waals surface area contributed by atoms with Crippen LogP contribution in [0, 0.1) is 0 Å². The molecule has 3 N–H and O–H groups in total. The highest BCUT2D eigenvalue weighted by molar-refractivity contribution is 5.92. The summed E-state index contributed by atoms with van der Waals surface area (Å²) in [5.41, 5.74) is 6.88. The van der Waals surface area contributed by atoms with Crippen LogP contribution in [-0.4, -0.2) is 26.2 Å². The molecule has 1 aromatic rings. The first-order chi connectivity index (χ1) is 10.2. The maximum Gasteiger partial charge on any atom is 0.226 e. The number of unbranched alkanes of at least 4 members (excludes halogenated alkanes) is 3. The van der Waals surface area contributed by atoms with E-state index in [1.807, 2.05) is 0 Å². The molecule has 118 valence electrons. The molecule has 5 nitrogen and oxygen atoms in total. The normalized spacial score (nSPS) is 10.4. The van der Waals surface area contributed by atoms with Crippen LogP contribution >= 0.6 is 0 Å². The Labute approximate surface area is 126 Å². The van der Waals surface area contributed by atoms with Gasteiger partial charge in [-0.25, -0.2) is 0 Å². The molecule has 0 saturated heterocycles. The lowest BCUT2D eigenvalue weighted by Gasteiger charge is -2.11. The van der Waals surface area contributed by atoms with E-state index in [0.717, 1.165) is 13.0 Å². The monoisotopic (exact) mass is 294 g/mol. The zero-order valence-electron chi connectivity index (χ0n) is 13.0. The van der Waals surface area contributed by atoms with Gasteiger partial charge in [0.05, 0.1) is 25.8 Å². The van der Waals surface area contributed by atoms with E-state index in [2.05, 4.69) is 12.2 Å². The van der Waals surface area contributed by atoms with Gasteiger partial charge in [-0.15, -0.1) is 0 Å².